The zero-order valence-corrected chi connectivity index (χ0v) is 27.7. The minimum absolute atomic E-state index is 0. The lowest BCUT2D eigenvalue weighted by Crippen LogP contribution is -2.51. The van der Waals surface area contributed by atoms with E-state index in [1.165, 1.54) is 11.8 Å². The number of nitrogens with one attached hydrogen (secondary N) is 1. The van der Waals surface area contributed by atoms with Gasteiger partial charge in [-0.1, -0.05) is 23.4 Å². The number of aliphatic hydroxyl groups excluding tert-OH is 1. The largest absolute Gasteiger partial charge is 0.484 e. The molecule has 14 heteroatoms. The van der Waals surface area contributed by atoms with Crippen molar-refractivity contribution in [1.29, 1.82) is 0 Å². The van der Waals surface area contributed by atoms with Crippen molar-refractivity contribution in [3.63, 3.8) is 0 Å². The molecule has 2 saturated heterocycles. The number of carbonyl (C=O) groups excluding carboxylic acids is 1. The average Bonchev–Trinajstić information content (AvgIpc) is 3.60. The average molecular weight is 675 g/mol. The van der Waals surface area contributed by atoms with Crippen molar-refractivity contribution in [1.82, 2.24) is 24.7 Å². The molecule has 2 atom stereocenters. The summed E-state index contributed by atoms with van der Waals surface area (Å²) in [5.74, 6) is 1.11. The number of rotatable bonds is 8. The van der Waals surface area contributed by atoms with Gasteiger partial charge in [0.25, 0.3) is 5.91 Å². The highest BCUT2D eigenvalue weighted by molar-refractivity contribution is 7.99. The number of hydrogen-bond donors (Lipinski definition) is 3. The van der Waals surface area contributed by atoms with Crippen LogP contribution >= 0.6 is 35.8 Å². The zero-order valence-electron chi connectivity index (χ0n) is 25.3. The summed E-state index contributed by atoms with van der Waals surface area (Å²) in [6.07, 6.45) is 5.72. The van der Waals surface area contributed by atoms with Crippen LogP contribution < -0.4 is 20.7 Å². The molecule has 0 unspecified atom stereocenters. The first-order valence-corrected chi connectivity index (χ1v) is 15.8. The highest BCUT2D eigenvalue weighted by Gasteiger charge is 2.47. The number of aryl methyl sites for hydroxylation is 1. The third-order valence-corrected chi connectivity index (χ3v) is 10.3. The number of imidazole rings is 1. The maximum absolute atomic E-state index is 11.4. The second-order valence-electron chi connectivity index (χ2n) is 11.4. The molecule has 6 rings (SSSR count). The molecule has 1 aromatic carbocycles. The lowest BCUT2D eigenvalue weighted by atomic mass is 9.73. The Balaban J connectivity index is 0.00000400. The van der Waals surface area contributed by atoms with Crippen LogP contribution in [0.5, 0.6) is 5.75 Å². The van der Waals surface area contributed by atoms with Gasteiger partial charge in [0, 0.05) is 54.4 Å². The number of amides is 1. The van der Waals surface area contributed by atoms with Crippen molar-refractivity contribution in [2.75, 3.05) is 38.3 Å². The minimum atomic E-state index is -0.219. The lowest BCUT2D eigenvalue weighted by Gasteiger charge is -2.42. The number of pyridine rings is 1. The Labute approximate surface area is 277 Å². The van der Waals surface area contributed by atoms with Crippen LogP contribution in [0.2, 0.25) is 5.02 Å². The van der Waals surface area contributed by atoms with Gasteiger partial charge in [-0.2, -0.15) is 0 Å². The van der Waals surface area contributed by atoms with E-state index in [0.717, 1.165) is 47.8 Å². The molecule has 0 saturated carbocycles. The number of nitrogens with two attached hydrogens (primary N) is 1. The van der Waals surface area contributed by atoms with Crippen LogP contribution in [0.25, 0.3) is 16.9 Å². The van der Waals surface area contributed by atoms with Crippen molar-refractivity contribution in [3.05, 3.63) is 59.1 Å². The van der Waals surface area contributed by atoms with Gasteiger partial charge in [-0.05, 0) is 57.0 Å². The van der Waals surface area contributed by atoms with E-state index < -0.39 is 0 Å². The van der Waals surface area contributed by atoms with Crippen molar-refractivity contribution >= 4 is 53.1 Å². The third-order valence-electron chi connectivity index (χ3n) is 8.67. The van der Waals surface area contributed by atoms with Crippen LogP contribution in [0, 0.1) is 12.3 Å². The molecule has 11 nitrogen and oxygen atoms in total. The number of hydrogen-bond acceptors (Lipinski definition) is 10. The van der Waals surface area contributed by atoms with E-state index in [9.17, 15) is 9.90 Å². The number of benzene rings is 1. The number of fused-ring (bicyclic) bond motifs is 1. The monoisotopic (exact) mass is 673 g/mol. The van der Waals surface area contributed by atoms with Gasteiger partial charge in [0.05, 0.1) is 35.7 Å². The molecule has 4 aromatic rings. The summed E-state index contributed by atoms with van der Waals surface area (Å²) in [7, 11) is 1.57. The normalized spacial score (nSPS) is 19.1. The number of likely N-dealkylation sites (N-methyl/N-ethyl adjacent to an activating group) is 1. The summed E-state index contributed by atoms with van der Waals surface area (Å²) >= 11 is 8.28. The molecule has 0 radical (unpaired) electrons. The van der Waals surface area contributed by atoms with Crippen molar-refractivity contribution < 1.29 is 19.4 Å². The smallest absolute Gasteiger partial charge is 0.257 e. The first kappa shape index (κ1) is 33.2. The molecule has 1 amide bonds. The predicted molar refractivity (Wildman–Crippen MR) is 177 cm³/mol. The first-order valence-electron chi connectivity index (χ1n) is 14.6. The quantitative estimate of drug-likeness (QED) is 0.248. The number of piperidine rings is 1. The van der Waals surface area contributed by atoms with E-state index >= 15 is 0 Å². The molecule has 240 valence electrons. The molecule has 2 fully saturated rings. The molecule has 0 bridgehead atoms. The molecule has 45 heavy (non-hydrogen) atoms. The second-order valence-corrected chi connectivity index (χ2v) is 12.8. The highest BCUT2D eigenvalue weighted by atomic mass is 35.5. The van der Waals surface area contributed by atoms with Crippen LogP contribution in [0.3, 0.4) is 0 Å². The number of anilines is 1. The van der Waals surface area contributed by atoms with Gasteiger partial charge >= 0.3 is 0 Å². The van der Waals surface area contributed by atoms with Crippen molar-refractivity contribution in [2.24, 2.45) is 11.1 Å². The van der Waals surface area contributed by atoms with Gasteiger partial charge in [-0.15, -0.1) is 12.4 Å². The van der Waals surface area contributed by atoms with Gasteiger partial charge in [-0.3, -0.25) is 4.79 Å². The molecular formula is C31H37Cl2N7O4S. The van der Waals surface area contributed by atoms with Gasteiger partial charge in [-0.25, -0.2) is 15.0 Å². The molecule has 4 N–H and O–H groups in total. The molecular weight excluding hydrogens is 637 g/mol. The van der Waals surface area contributed by atoms with Crippen LogP contribution in [0.4, 0.5) is 5.82 Å². The molecule has 5 heterocycles. The summed E-state index contributed by atoms with van der Waals surface area (Å²) < 4.78 is 13.2. The molecule has 3 aromatic heterocycles. The van der Waals surface area contributed by atoms with E-state index in [1.807, 2.05) is 48.8 Å². The Morgan fingerprint density at radius 2 is 1.96 bits per heavy atom. The number of halogens is 2. The summed E-state index contributed by atoms with van der Waals surface area (Å²) in [5, 5.41) is 14.0. The molecule has 0 aliphatic carbocycles. The SMILES string of the molecule is CNC(=O)COc1ccc(-c2cn3ccc(Sc4nc(CO)c(N5CCC6(CC5)CO[C@@H](C)[C@H]6N)nc4C)c(Cl)c3n2)cc1.Cl. The third kappa shape index (κ3) is 6.58. The maximum atomic E-state index is 11.4. The predicted octanol–water partition coefficient (Wildman–Crippen LogP) is 4.28. The van der Waals surface area contributed by atoms with E-state index in [1.54, 1.807) is 19.2 Å². The number of nitrogens with zero attached hydrogens (tertiary/aromatic N) is 5. The van der Waals surface area contributed by atoms with Crippen LogP contribution in [0.1, 0.15) is 31.2 Å². The fourth-order valence-electron chi connectivity index (χ4n) is 5.88. The van der Waals surface area contributed by atoms with Gasteiger partial charge in [0.1, 0.15) is 16.5 Å². The van der Waals surface area contributed by atoms with Gasteiger partial charge in [0.2, 0.25) is 0 Å². The summed E-state index contributed by atoms with van der Waals surface area (Å²) in [6.45, 7) is 5.97. The summed E-state index contributed by atoms with van der Waals surface area (Å²) in [5.41, 5.74) is 10.1. The van der Waals surface area contributed by atoms with Crippen molar-refractivity contribution in [2.45, 2.75) is 55.4 Å². The Kier molecular flexibility index (Phi) is 10.1. The lowest BCUT2D eigenvalue weighted by molar-refractivity contribution is -0.122. The molecule has 2 aliphatic rings. The van der Waals surface area contributed by atoms with E-state index in [4.69, 9.17) is 41.8 Å². The van der Waals surface area contributed by atoms with E-state index in [-0.39, 0.29) is 49.1 Å². The Hall–Kier alpha value is -3.13. The number of aliphatic hydroxyl groups is 1. The Morgan fingerprint density at radius 3 is 2.60 bits per heavy atom. The first-order chi connectivity index (χ1) is 21.2. The van der Waals surface area contributed by atoms with Crippen LogP contribution in [-0.4, -0.2) is 75.9 Å². The van der Waals surface area contributed by atoms with Crippen molar-refractivity contribution in [3.8, 4) is 17.0 Å². The minimum Gasteiger partial charge on any atom is -0.484 e. The number of carbonyl (C=O) groups is 1. The molecule has 2 aliphatic heterocycles. The van der Waals surface area contributed by atoms with E-state index in [0.29, 0.717) is 39.6 Å². The van der Waals surface area contributed by atoms with Gasteiger partial charge in [0.15, 0.2) is 18.1 Å². The Bertz CT molecular complexity index is 1680. The summed E-state index contributed by atoms with van der Waals surface area (Å²) in [6, 6.07) is 9.33. The second kappa shape index (κ2) is 13.7. The standard InChI is InChI=1S/C31H36ClN7O4S.ClH/c1-18-30(37-23(15-40)28(35-18)38-12-9-31(10-13-38)17-43-19(2)27(31)33)44-24-8-11-39-14-22(36-29(39)26(24)32)20-4-6-21(7-5-20)42-16-25(41)34-3;/h4-8,11,14,19,27,40H,9-10,12-13,15-17,33H2,1-3H3,(H,34,41);1H/t19-,27+;/m0./s1. The topological polar surface area (TPSA) is 140 Å². The number of aromatic nitrogens is 4. The Morgan fingerprint density at radius 1 is 1.22 bits per heavy atom. The van der Waals surface area contributed by atoms with Crippen LogP contribution in [0.15, 0.2) is 52.6 Å². The van der Waals surface area contributed by atoms with Gasteiger partial charge < -0.3 is 34.9 Å². The van der Waals surface area contributed by atoms with Crippen LogP contribution in [-0.2, 0) is 16.1 Å². The maximum Gasteiger partial charge on any atom is 0.257 e. The fourth-order valence-corrected chi connectivity index (χ4v) is 7.07. The zero-order chi connectivity index (χ0) is 31.0. The summed E-state index contributed by atoms with van der Waals surface area (Å²) in [4.78, 5) is 29.0. The fraction of sp³-hybridized carbons (Fsp3) is 0.419. The van der Waals surface area contributed by atoms with E-state index in [2.05, 4.69) is 10.2 Å². The molecule has 1 spiro atoms. The number of ether oxygens (including phenoxy) is 2. The highest BCUT2D eigenvalue weighted by Crippen LogP contribution is 2.43.